The van der Waals surface area contributed by atoms with Crippen LogP contribution in [0, 0.1) is 17.8 Å². The fraction of sp³-hybridized carbons (Fsp3) is 0.846. The topological polar surface area (TPSA) is 15.3 Å². The second kappa shape index (κ2) is 6.87. The maximum Gasteiger partial charge on any atom is 0.0214 e. The molecule has 1 N–H and O–H groups in total. The van der Waals surface area contributed by atoms with Gasteiger partial charge >= 0.3 is 0 Å². The van der Waals surface area contributed by atoms with E-state index in [1.165, 1.54) is 25.9 Å². The highest BCUT2D eigenvalue weighted by molar-refractivity contribution is 4.95. The Balaban J connectivity index is 2.19. The zero-order valence-corrected chi connectivity index (χ0v) is 10.3. The number of nitrogens with zero attached hydrogens (tertiary/aromatic N) is 1. The largest absolute Gasteiger partial charge is 0.313 e. The molecule has 2 unspecified atom stereocenters. The molecule has 86 valence electrons. The van der Waals surface area contributed by atoms with Crippen LogP contribution in [0.25, 0.3) is 0 Å². The summed E-state index contributed by atoms with van der Waals surface area (Å²) in [5, 5.41) is 3.58. The molecule has 15 heavy (non-hydrogen) atoms. The van der Waals surface area contributed by atoms with Crippen molar-refractivity contribution < 1.29 is 0 Å². The van der Waals surface area contributed by atoms with Crippen molar-refractivity contribution in [1.29, 1.82) is 0 Å². The van der Waals surface area contributed by atoms with Crippen LogP contribution in [0.15, 0.2) is 0 Å². The van der Waals surface area contributed by atoms with Crippen molar-refractivity contribution in [3.05, 3.63) is 0 Å². The van der Waals surface area contributed by atoms with Gasteiger partial charge in [0.15, 0.2) is 0 Å². The van der Waals surface area contributed by atoms with Crippen LogP contribution < -0.4 is 5.32 Å². The molecule has 0 aliphatic carbocycles. The molecule has 0 saturated carbocycles. The van der Waals surface area contributed by atoms with E-state index in [0.29, 0.717) is 6.04 Å². The smallest absolute Gasteiger partial charge is 0.0214 e. The molecular formula is C13H24N2. The molecule has 1 fully saturated rings. The minimum atomic E-state index is 0.631. The van der Waals surface area contributed by atoms with Crippen molar-refractivity contribution in [3.8, 4) is 11.8 Å². The van der Waals surface area contributed by atoms with Gasteiger partial charge in [0.05, 0.1) is 0 Å². The monoisotopic (exact) mass is 208 g/mol. The zero-order chi connectivity index (χ0) is 11.1. The molecule has 1 aliphatic rings. The van der Waals surface area contributed by atoms with Gasteiger partial charge in [-0.2, -0.15) is 0 Å². The van der Waals surface area contributed by atoms with Gasteiger partial charge in [-0.05, 0) is 46.2 Å². The first kappa shape index (κ1) is 12.5. The molecule has 1 rings (SSSR count). The number of piperidine rings is 1. The zero-order valence-electron chi connectivity index (χ0n) is 10.3. The summed E-state index contributed by atoms with van der Waals surface area (Å²) in [6.45, 7) is 7.75. The van der Waals surface area contributed by atoms with Gasteiger partial charge in [-0.1, -0.05) is 0 Å². The Hall–Kier alpha value is -0.520. The molecule has 1 aliphatic heterocycles. The van der Waals surface area contributed by atoms with E-state index in [1.54, 1.807) is 0 Å². The van der Waals surface area contributed by atoms with Crippen LogP contribution in [-0.4, -0.2) is 37.6 Å². The SMILES string of the molecule is CC#CCCNC(C)C1CCCN(C)C1. The average Bonchev–Trinajstić information content (AvgIpc) is 2.24. The van der Waals surface area contributed by atoms with Gasteiger partial charge < -0.3 is 10.2 Å². The molecule has 0 aromatic carbocycles. The first-order valence-electron chi connectivity index (χ1n) is 6.05. The minimum Gasteiger partial charge on any atom is -0.313 e. The first-order chi connectivity index (χ1) is 7.24. The lowest BCUT2D eigenvalue weighted by Crippen LogP contribution is -2.43. The number of hydrogen-bond acceptors (Lipinski definition) is 2. The van der Waals surface area contributed by atoms with Crippen molar-refractivity contribution in [3.63, 3.8) is 0 Å². The van der Waals surface area contributed by atoms with E-state index in [2.05, 4.69) is 36.0 Å². The summed E-state index contributed by atoms with van der Waals surface area (Å²) in [5.41, 5.74) is 0. The van der Waals surface area contributed by atoms with E-state index >= 15 is 0 Å². The number of rotatable bonds is 4. The molecule has 0 spiro atoms. The predicted octanol–water partition coefficient (Wildman–Crippen LogP) is 1.72. The normalized spacial score (nSPS) is 24.3. The van der Waals surface area contributed by atoms with Crippen LogP contribution in [-0.2, 0) is 0 Å². The van der Waals surface area contributed by atoms with Crippen LogP contribution in [0.4, 0.5) is 0 Å². The highest BCUT2D eigenvalue weighted by Gasteiger charge is 2.21. The van der Waals surface area contributed by atoms with Crippen molar-refractivity contribution in [2.24, 2.45) is 5.92 Å². The molecular weight excluding hydrogens is 184 g/mol. The molecule has 1 heterocycles. The summed E-state index contributed by atoms with van der Waals surface area (Å²) in [4.78, 5) is 2.44. The lowest BCUT2D eigenvalue weighted by atomic mass is 9.92. The molecule has 0 bridgehead atoms. The van der Waals surface area contributed by atoms with E-state index in [1.807, 2.05) is 6.92 Å². The molecule has 0 aromatic heterocycles. The highest BCUT2D eigenvalue weighted by atomic mass is 15.1. The third-order valence-corrected chi connectivity index (χ3v) is 3.26. The third kappa shape index (κ3) is 4.68. The van der Waals surface area contributed by atoms with Crippen molar-refractivity contribution in [1.82, 2.24) is 10.2 Å². The van der Waals surface area contributed by atoms with Crippen LogP contribution in [0.5, 0.6) is 0 Å². The molecule has 2 heteroatoms. The fourth-order valence-corrected chi connectivity index (χ4v) is 2.27. The highest BCUT2D eigenvalue weighted by Crippen LogP contribution is 2.18. The summed E-state index contributed by atoms with van der Waals surface area (Å²) in [6, 6.07) is 0.631. The third-order valence-electron chi connectivity index (χ3n) is 3.26. The second-order valence-corrected chi connectivity index (χ2v) is 4.58. The van der Waals surface area contributed by atoms with E-state index in [9.17, 15) is 0 Å². The molecule has 1 saturated heterocycles. The summed E-state index contributed by atoms with van der Waals surface area (Å²) < 4.78 is 0. The minimum absolute atomic E-state index is 0.631. The number of likely N-dealkylation sites (tertiary alicyclic amines) is 1. The lowest BCUT2D eigenvalue weighted by Gasteiger charge is -2.33. The number of hydrogen-bond donors (Lipinski definition) is 1. The van der Waals surface area contributed by atoms with Crippen LogP contribution in [0.1, 0.15) is 33.1 Å². The van der Waals surface area contributed by atoms with Crippen molar-refractivity contribution >= 4 is 0 Å². The molecule has 0 aromatic rings. The number of nitrogens with one attached hydrogen (secondary N) is 1. The van der Waals surface area contributed by atoms with Crippen molar-refractivity contribution in [2.45, 2.75) is 39.2 Å². The molecule has 2 nitrogen and oxygen atoms in total. The van der Waals surface area contributed by atoms with Crippen LogP contribution in [0.2, 0.25) is 0 Å². The summed E-state index contributed by atoms with van der Waals surface area (Å²) in [5.74, 6) is 6.84. The van der Waals surface area contributed by atoms with Gasteiger partial charge in [0, 0.05) is 25.6 Å². The Bertz CT molecular complexity index is 226. The van der Waals surface area contributed by atoms with Crippen LogP contribution >= 0.6 is 0 Å². The molecule has 0 amide bonds. The summed E-state index contributed by atoms with van der Waals surface area (Å²) in [7, 11) is 2.22. The van der Waals surface area contributed by atoms with Gasteiger partial charge in [-0.15, -0.1) is 11.8 Å². The standard InChI is InChI=1S/C13H24N2/c1-4-5-6-9-14-12(2)13-8-7-10-15(3)11-13/h12-14H,6-11H2,1-3H3. The average molecular weight is 208 g/mol. The predicted molar refractivity (Wildman–Crippen MR) is 65.8 cm³/mol. The Morgan fingerprint density at radius 2 is 2.33 bits per heavy atom. The second-order valence-electron chi connectivity index (χ2n) is 4.58. The van der Waals surface area contributed by atoms with Crippen molar-refractivity contribution in [2.75, 3.05) is 26.7 Å². The van der Waals surface area contributed by atoms with E-state index < -0.39 is 0 Å². The lowest BCUT2D eigenvalue weighted by molar-refractivity contribution is 0.179. The van der Waals surface area contributed by atoms with E-state index in [-0.39, 0.29) is 0 Å². The Morgan fingerprint density at radius 1 is 1.53 bits per heavy atom. The molecule has 2 atom stereocenters. The molecule has 0 radical (unpaired) electrons. The summed E-state index contributed by atoms with van der Waals surface area (Å²) in [6.07, 6.45) is 3.70. The quantitative estimate of drug-likeness (QED) is 0.559. The first-order valence-corrected chi connectivity index (χ1v) is 6.05. The van der Waals surface area contributed by atoms with Gasteiger partial charge in [0.2, 0.25) is 0 Å². The summed E-state index contributed by atoms with van der Waals surface area (Å²) >= 11 is 0. The van der Waals surface area contributed by atoms with Gasteiger partial charge in [0.1, 0.15) is 0 Å². The van der Waals surface area contributed by atoms with E-state index in [4.69, 9.17) is 0 Å². The van der Waals surface area contributed by atoms with Gasteiger partial charge in [0.25, 0.3) is 0 Å². The fourth-order valence-electron chi connectivity index (χ4n) is 2.27. The van der Waals surface area contributed by atoms with Crippen LogP contribution in [0.3, 0.4) is 0 Å². The van der Waals surface area contributed by atoms with Gasteiger partial charge in [-0.25, -0.2) is 0 Å². The Morgan fingerprint density at radius 3 is 3.00 bits per heavy atom. The Labute approximate surface area is 94.4 Å². The van der Waals surface area contributed by atoms with Gasteiger partial charge in [-0.3, -0.25) is 0 Å². The van der Waals surface area contributed by atoms with E-state index in [0.717, 1.165) is 18.9 Å². The maximum absolute atomic E-state index is 3.58. The maximum atomic E-state index is 3.58. The Kier molecular flexibility index (Phi) is 5.75.